The lowest BCUT2D eigenvalue weighted by Crippen LogP contribution is -2.47. The molecule has 0 saturated heterocycles. The van der Waals surface area contributed by atoms with Crippen molar-refractivity contribution in [3.8, 4) is 0 Å². The summed E-state index contributed by atoms with van der Waals surface area (Å²) in [4.78, 5) is 24.8. The lowest BCUT2D eigenvalue weighted by Gasteiger charge is -2.34. The normalized spacial score (nSPS) is 20.1. The maximum absolute atomic E-state index is 12.8. The van der Waals surface area contributed by atoms with E-state index in [1.807, 2.05) is 37.3 Å². The van der Waals surface area contributed by atoms with Gasteiger partial charge in [0.05, 0.1) is 12.1 Å². The first-order chi connectivity index (χ1) is 12.5. The topological polar surface area (TPSA) is 85.3 Å². The van der Waals surface area contributed by atoms with Gasteiger partial charge in [0.1, 0.15) is 5.69 Å². The van der Waals surface area contributed by atoms with Gasteiger partial charge in [-0.05, 0) is 25.3 Å². The van der Waals surface area contributed by atoms with Crippen molar-refractivity contribution in [2.75, 3.05) is 14.2 Å². The van der Waals surface area contributed by atoms with E-state index in [2.05, 4.69) is 15.7 Å². The summed E-state index contributed by atoms with van der Waals surface area (Å²) < 4.78 is 6.86. The molecule has 1 aromatic heterocycles. The van der Waals surface area contributed by atoms with Crippen LogP contribution < -0.4 is 10.6 Å². The Morgan fingerprint density at radius 3 is 2.54 bits per heavy atom. The zero-order valence-corrected chi connectivity index (χ0v) is 15.2. The van der Waals surface area contributed by atoms with Crippen LogP contribution in [0.4, 0.5) is 0 Å². The van der Waals surface area contributed by atoms with Crippen molar-refractivity contribution in [1.29, 1.82) is 0 Å². The lowest BCUT2D eigenvalue weighted by atomic mass is 9.89. The summed E-state index contributed by atoms with van der Waals surface area (Å²) in [5.41, 5.74) is 1.61. The molecule has 1 aromatic carbocycles. The lowest BCUT2D eigenvalue weighted by molar-refractivity contribution is 0.0174. The quantitative estimate of drug-likeness (QED) is 0.826. The molecule has 7 heteroatoms. The monoisotopic (exact) mass is 356 g/mol. The predicted molar refractivity (Wildman–Crippen MR) is 97.2 cm³/mol. The predicted octanol–water partition coefficient (Wildman–Crippen LogP) is 1.76. The Kier molecular flexibility index (Phi) is 5.37. The van der Waals surface area contributed by atoms with Gasteiger partial charge in [-0.2, -0.15) is 5.10 Å². The van der Waals surface area contributed by atoms with E-state index in [1.54, 1.807) is 24.9 Å². The molecule has 0 spiro atoms. The summed E-state index contributed by atoms with van der Waals surface area (Å²) in [7, 11) is 3.22. The van der Waals surface area contributed by atoms with Gasteiger partial charge in [-0.15, -0.1) is 0 Å². The van der Waals surface area contributed by atoms with Gasteiger partial charge in [0.15, 0.2) is 5.69 Å². The van der Waals surface area contributed by atoms with E-state index in [9.17, 15) is 9.59 Å². The van der Waals surface area contributed by atoms with E-state index >= 15 is 0 Å². The molecule has 1 fully saturated rings. The third-order valence-corrected chi connectivity index (χ3v) is 4.84. The molecular formula is C19H24N4O3. The molecule has 1 aliphatic carbocycles. The van der Waals surface area contributed by atoms with Crippen molar-refractivity contribution in [1.82, 2.24) is 20.4 Å². The molecule has 3 rings (SSSR count). The number of nitrogens with one attached hydrogen (secondary N) is 2. The molecule has 26 heavy (non-hydrogen) atoms. The number of hydrogen-bond donors (Lipinski definition) is 2. The molecule has 138 valence electrons. The highest BCUT2D eigenvalue weighted by Crippen LogP contribution is 2.24. The van der Waals surface area contributed by atoms with E-state index in [4.69, 9.17) is 4.74 Å². The average molecular weight is 356 g/mol. The Balaban J connectivity index is 1.86. The van der Waals surface area contributed by atoms with Crippen molar-refractivity contribution in [2.45, 2.75) is 38.0 Å². The number of benzene rings is 1. The van der Waals surface area contributed by atoms with Crippen molar-refractivity contribution < 1.29 is 14.3 Å². The highest BCUT2D eigenvalue weighted by Gasteiger charge is 2.32. The van der Waals surface area contributed by atoms with Gasteiger partial charge >= 0.3 is 0 Å². The fourth-order valence-electron chi connectivity index (χ4n) is 3.11. The van der Waals surface area contributed by atoms with Crippen molar-refractivity contribution in [2.24, 2.45) is 0 Å². The number of aromatic nitrogens is 2. The van der Waals surface area contributed by atoms with Crippen LogP contribution in [0, 0.1) is 0 Å². The molecular weight excluding hydrogens is 332 g/mol. The Morgan fingerprint density at radius 1 is 1.23 bits per heavy atom. The standard InChI is InChI=1S/C19H24N4O3/c1-12(13-7-5-4-6-8-13)23-17(11-16(22-23)18(24)20-2)19(25)21-14-9-15(10-14)26-3/h4-8,11-12,14-15H,9-10H2,1-3H3,(H,20,24)(H,21,25)/t12?,14-,15-. The second-order valence-corrected chi connectivity index (χ2v) is 6.52. The molecule has 1 aliphatic rings. The van der Waals surface area contributed by atoms with Crippen LogP contribution in [-0.4, -0.2) is 47.9 Å². The smallest absolute Gasteiger partial charge is 0.271 e. The molecule has 1 saturated carbocycles. The Labute approximate surface area is 152 Å². The molecule has 2 N–H and O–H groups in total. The summed E-state index contributed by atoms with van der Waals surface area (Å²) in [6, 6.07) is 11.2. The fraction of sp³-hybridized carbons (Fsp3) is 0.421. The first kappa shape index (κ1) is 18.1. The minimum Gasteiger partial charge on any atom is -0.381 e. The average Bonchev–Trinajstić information content (AvgIpc) is 3.09. The molecule has 0 bridgehead atoms. The van der Waals surface area contributed by atoms with Crippen LogP contribution in [-0.2, 0) is 4.74 Å². The number of hydrogen-bond acceptors (Lipinski definition) is 4. The van der Waals surface area contributed by atoms with Crippen molar-refractivity contribution in [3.63, 3.8) is 0 Å². The molecule has 1 atom stereocenters. The van der Waals surface area contributed by atoms with E-state index in [-0.39, 0.29) is 35.7 Å². The van der Waals surface area contributed by atoms with Crippen LogP contribution in [0.5, 0.6) is 0 Å². The maximum Gasteiger partial charge on any atom is 0.271 e. The Bertz CT molecular complexity index is 781. The second kappa shape index (κ2) is 7.70. The molecule has 1 heterocycles. The first-order valence-corrected chi connectivity index (χ1v) is 8.73. The number of rotatable bonds is 6. The van der Waals surface area contributed by atoms with Crippen molar-refractivity contribution in [3.05, 3.63) is 53.3 Å². The van der Waals surface area contributed by atoms with Crippen LogP contribution in [0.15, 0.2) is 36.4 Å². The third kappa shape index (κ3) is 3.62. The van der Waals surface area contributed by atoms with Crippen LogP contribution in [0.1, 0.15) is 52.3 Å². The van der Waals surface area contributed by atoms with Gasteiger partial charge in [-0.3, -0.25) is 14.3 Å². The van der Waals surface area contributed by atoms with E-state index in [1.165, 1.54) is 0 Å². The number of amides is 2. The van der Waals surface area contributed by atoms with E-state index in [0.29, 0.717) is 5.69 Å². The zero-order valence-electron chi connectivity index (χ0n) is 15.2. The molecule has 0 radical (unpaired) electrons. The van der Waals surface area contributed by atoms with Gasteiger partial charge in [0.2, 0.25) is 0 Å². The first-order valence-electron chi connectivity index (χ1n) is 8.73. The molecule has 0 aliphatic heterocycles. The van der Waals surface area contributed by atoms with Gasteiger partial charge in [0.25, 0.3) is 11.8 Å². The SMILES string of the molecule is CNC(=O)c1cc(C(=O)N[C@H]2C[C@H](OC)C2)n(C(C)c2ccccc2)n1. The van der Waals surface area contributed by atoms with Crippen LogP contribution in [0.25, 0.3) is 0 Å². The highest BCUT2D eigenvalue weighted by atomic mass is 16.5. The van der Waals surface area contributed by atoms with Crippen LogP contribution in [0.2, 0.25) is 0 Å². The zero-order chi connectivity index (χ0) is 18.7. The fourth-order valence-corrected chi connectivity index (χ4v) is 3.11. The summed E-state index contributed by atoms with van der Waals surface area (Å²) in [6.07, 6.45) is 1.80. The van der Waals surface area contributed by atoms with Gasteiger partial charge in [0, 0.05) is 26.3 Å². The van der Waals surface area contributed by atoms with Crippen LogP contribution in [0.3, 0.4) is 0 Å². The second-order valence-electron chi connectivity index (χ2n) is 6.52. The molecule has 2 amide bonds. The number of ether oxygens (including phenoxy) is 1. The minimum absolute atomic E-state index is 0.0892. The number of carbonyl (C=O) groups excluding carboxylic acids is 2. The summed E-state index contributed by atoms with van der Waals surface area (Å²) in [6.45, 7) is 1.96. The van der Waals surface area contributed by atoms with Gasteiger partial charge in [-0.1, -0.05) is 30.3 Å². The Hall–Kier alpha value is -2.67. The van der Waals surface area contributed by atoms with Gasteiger partial charge in [-0.25, -0.2) is 0 Å². The number of carbonyl (C=O) groups is 2. The molecule has 2 aromatic rings. The molecule has 7 nitrogen and oxygen atoms in total. The van der Waals surface area contributed by atoms with Crippen LogP contribution >= 0.6 is 0 Å². The van der Waals surface area contributed by atoms with E-state index < -0.39 is 0 Å². The maximum atomic E-state index is 12.8. The largest absolute Gasteiger partial charge is 0.381 e. The summed E-state index contributed by atoms with van der Waals surface area (Å²) >= 11 is 0. The van der Waals surface area contributed by atoms with Gasteiger partial charge < -0.3 is 15.4 Å². The summed E-state index contributed by atoms with van der Waals surface area (Å²) in [5, 5.41) is 9.94. The summed E-state index contributed by atoms with van der Waals surface area (Å²) in [5.74, 6) is -0.545. The van der Waals surface area contributed by atoms with E-state index in [0.717, 1.165) is 18.4 Å². The van der Waals surface area contributed by atoms with Crippen molar-refractivity contribution >= 4 is 11.8 Å². The molecule has 1 unspecified atom stereocenters. The minimum atomic E-state index is -0.318. The Morgan fingerprint density at radius 2 is 1.92 bits per heavy atom. The highest BCUT2D eigenvalue weighted by molar-refractivity contribution is 5.98. The number of methoxy groups -OCH3 is 1. The third-order valence-electron chi connectivity index (χ3n) is 4.84. The number of nitrogens with zero attached hydrogens (tertiary/aromatic N) is 2.